The quantitative estimate of drug-likeness (QED) is 0.383. The molecule has 0 spiro atoms. The van der Waals surface area contributed by atoms with Gasteiger partial charge < -0.3 is 9.26 Å². The van der Waals surface area contributed by atoms with Gasteiger partial charge in [-0.2, -0.15) is 0 Å². The lowest BCUT2D eigenvalue weighted by atomic mass is 9.75. The minimum absolute atomic E-state index is 0.111. The van der Waals surface area contributed by atoms with Gasteiger partial charge in [-0.25, -0.2) is 0 Å². The van der Waals surface area contributed by atoms with Gasteiger partial charge in [0, 0.05) is 10.6 Å². The summed E-state index contributed by atoms with van der Waals surface area (Å²) in [5.41, 5.74) is -0.601. The second-order valence-electron chi connectivity index (χ2n) is 9.69. The van der Waals surface area contributed by atoms with Crippen LogP contribution in [0.1, 0.15) is 67.2 Å². The van der Waals surface area contributed by atoms with Gasteiger partial charge in [0.1, 0.15) is 5.60 Å². The molecule has 0 aromatic heterocycles. The first-order valence-corrected chi connectivity index (χ1v) is 12.3. The minimum Gasteiger partial charge on any atom is -0.460 e. The normalized spacial score (nSPS) is 24.7. The molecule has 0 radical (unpaired) electrons. The summed E-state index contributed by atoms with van der Waals surface area (Å²) in [4.78, 5) is 12.4. The first-order valence-electron chi connectivity index (χ1n) is 10.7. The molecular formula is C24H37O4P. The van der Waals surface area contributed by atoms with Crippen LogP contribution in [0.15, 0.2) is 42.2 Å². The van der Waals surface area contributed by atoms with E-state index in [-0.39, 0.29) is 12.5 Å². The van der Waals surface area contributed by atoms with Gasteiger partial charge >= 0.3 is 5.97 Å². The average molecular weight is 421 g/mol. The molecule has 1 aromatic rings. The zero-order valence-corrected chi connectivity index (χ0v) is 19.7. The number of hydrogen-bond acceptors (Lipinski definition) is 4. The highest BCUT2D eigenvalue weighted by Crippen LogP contribution is 2.57. The summed E-state index contributed by atoms with van der Waals surface area (Å²) in [5, 5.41) is 0.896. The van der Waals surface area contributed by atoms with Crippen molar-refractivity contribution in [2.45, 2.75) is 78.9 Å². The number of benzene rings is 1. The molecule has 5 heteroatoms. The zero-order valence-electron chi connectivity index (χ0n) is 18.8. The van der Waals surface area contributed by atoms with Crippen molar-refractivity contribution in [2.75, 3.05) is 0 Å². The van der Waals surface area contributed by atoms with Crippen molar-refractivity contribution in [3.63, 3.8) is 0 Å². The fourth-order valence-corrected chi connectivity index (χ4v) is 6.18. The largest absolute Gasteiger partial charge is 0.460 e. The van der Waals surface area contributed by atoms with Crippen LogP contribution in [0.5, 0.6) is 0 Å². The van der Waals surface area contributed by atoms with Crippen molar-refractivity contribution in [3.8, 4) is 0 Å². The van der Waals surface area contributed by atoms with Crippen LogP contribution in [0.3, 0.4) is 0 Å². The fourth-order valence-electron chi connectivity index (χ4n) is 4.02. The summed E-state index contributed by atoms with van der Waals surface area (Å²) >= 11 is 0. The van der Waals surface area contributed by atoms with Crippen molar-refractivity contribution in [3.05, 3.63) is 42.2 Å². The highest BCUT2D eigenvalue weighted by Gasteiger charge is 2.40. The van der Waals surface area contributed by atoms with E-state index >= 15 is 0 Å². The van der Waals surface area contributed by atoms with Crippen molar-refractivity contribution in [1.29, 1.82) is 0 Å². The number of carbonyl (C=O) groups excluding carboxylic acids is 1. The summed E-state index contributed by atoms with van der Waals surface area (Å²) in [7, 11) is -3.45. The lowest BCUT2D eigenvalue weighted by Gasteiger charge is -2.39. The summed E-state index contributed by atoms with van der Waals surface area (Å²) < 4.78 is 26.1. The maximum atomic E-state index is 14.2. The van der Waals surface area contributed by atoms with Crippen molar-refractivity contribution in [1.82, 2.24) is 0 Å². The molecule has 1 saturated carbocycles. The molecule has 0 aliphatic heterocycles. The van der Waals surface area contributed by atoms with E-state index in [0.717, 1.165) is 19.3 Å². The molecule has 0 heterocycles. The Bertz CT molecular complexity index is 748. The lowest BCUT2D eigenvalue weighted by Crippen LogP contribution is -2.34. The third-order valence-corrected chi connectivity index (χ3v) is 8.06. The maximum Gasteiger partial charge on any atom is 0.311 e. The standard InChI is InChI=1S/C24H37O4P/c1-17(2)21-14-13-18(3)15-22(21)28-29(26,20-11-9-8-10-12-20)19(4)16-23(25)27-24(5,6)7/h8-12,17-18,21-22H,4,13-16H2,1-3,5-7H3/t18-,21+,22-,29-/m1/s1. The molecule has 1 aliphatic carbocycles. The van der Waals surface area contributed by atoms with Gasteiger partial charge in [0.25, 0.3) is 7.37 Å². The van der Waals surface area contributed by atoms with Gasteiger partial charge in [-0.1, -0.05) is 52.0 Å². The number of carbonyl (C=O) groups is 1. The molecule has 0 saturated heterocycles. The van der Waals surface area contributed by atoms with E-state index in [4.69, 9.17) is 9.26 Å². The van der Waals surface area contributed by atoms with Gasteiger partial charge in [0.15, 0.2) is 0 Å². The van der Waals surface area contributed by atoms with Crippen LogP contribution in [-0.2, 0) is 18.6 Å². The van der Waals surface area contributed by atoms with Crippen LogP contribution < -0.4 is 5.30 Å². The molecule has 0 amide bonds. The summed E-state index contributed by atoms with van der Waals surface area (Å²) in [6, 6.07) is 9.17. The van der Waals surface area contributed by atoms with Crippen LogP contribution in [0.25, 0.3) is 0 Å². The Morgan fingerprint density at radius 1 is 1.21 bits per heavy atom. The third kappa shape index (κ3) is 6.55. The Labute approximate surface area is 176 Å². The van der Waals surface area contributed by atoms with Crippen LogP contribution >= 0.6 is 7.37 Å². The number of esters is 1. The second kappa shape index (κ2) is 9.62. The van der Waals surface area contributed by atoms with Crippen molar-refractivity contribution in [2.24, 2.45) is 17.8 Å². The molecule has 29 heavy (non-hydrogen) atoms. The summed E-state index contributed by atoms with van der Waals surface area (Å²) in [5.74, 6) is 0.881. The Morgan fingerprint density at radius 2 is 1.83 bits per heavy atom. The van der Waals surface area contributed by atoms with Crippen LogP contribution in [0.2, 0.25) is 0 Å². The van der Waals surface area contributed by atoms with Gasteiger partial charge in [-0.3, -0.25) is 9.36 Å². The van der Waals surface area contributed by atoms with Gasteiger partial charge in [-0.15, -0.1) is 0 Å². The smallest absolute Gasteiger partial charge is 0.311 e. The first-order chi connectivity index (χ1) is 13.4. The van der Waals surface area contributed by atoms with E-state index in [2.05, 4.69) is 27.4 Å². The average Bonchev–Trinajstić information content (AvgIpc) is 2.60. The van der Waals surface area contributed by atoms with E-state index in [9.17, 15) is 9.36 Å². The van der Waals surface area contributed by atoms with E-state index in [1.54, 1.807) is 12.1 Å². The molecule has 4 nitrogen and oxygen atoms in total. The molecule has 0 unspecified atom stereocenters. The van der Waals surface area contributed by atoms with E-state index in [1.807, 2.05) is 39.0 Å². The first kappa shape index (κ1) is 23.9. The van der Waals surface area contributed by atoms with E-state index in [0.29, 0.717) is 28.4 Å². The SMILES string of the molecule is C=C(CC(=O)OC(C)(C)C)[P@@](=O)(O[C@@H]1C[C@H](C)CC[C@H]1C(C)C)c1ccccc1. The number of rotatable bonds is 7. The number of ether oxygens (including phenoxy) is 1. The minimum atomic E-state index is -3.45. The van der Waals surface area contributed by atoms with Gasteiger partial charge in [0.2, 0.25) is 0 Å². The van der Waals surface area contributed by atoms with Gasteiger partial charge in [-0.05, 0) is 63.5 Å². The molecule has 162 valence electrons. The van der Waals surface area contributed by atoms with Crippen molar-refractivity contribution < 1.29 is 18.6 Å². The summed E-state index contributed by atoms with van der Waals surface area (Å²) in [6.07, 6.45) is 2.88. The van der Waals surface area contributed by atoms with E-state index < -0.39 is 18.9 Å². The highest BCUT2D eigenvalue weighted by molar-refractivity contribution is 7.71. The highest BCUT2D eigenvalue weighted by atomic mass is 31.2. The van der Waals surface area contributed by atoms with Crippen LogP contribution in [0.4, 0.5) is 0 Å². The molecule has 0 N–H and O–H groups in total. The predicted octanol–water partition coefficient (Wildman–Crippen LogP) is 6.31. The third-order valence-electron chi connectivity index (χ3n) is 5.53. The topological polar surface area (TPSA) is 52.6 Å². The lowest BCUT2D eigenvalue weighted by molar-refractivity contribution is -0.153. The monoisotopic (exact) mass is 420 g/mol. The van der Waals surface area contributed by atoms with Crippen LogP contribution in [0, 0.1) is 17.8 Å². The predicted molar refractivity (Wildman–Crippen MR) is 120 cm³/mol. The second-order valence-corrected chi connectivity index (χ2v) is 12.1. The molecule has 2 rings (SSSR count). The zero-order chi connectivity index (χ0) is 21.8. The molecule has 4 atom stereocenters. The molecule has 1 aromatic carbocycles. The molecular weight excluding hydrogens is 383 g/mol. The van der Waals surface area contributed by atoms with Crippen LogP contribution in [-0.4, -0.2) is 17.7 Å². The van der Waals surface area contributed by atoms with Crippen molar-refractivity contribution >= 4 is 18.6 Å². The maximum absolute atomic E-state index is 14.2. The molecule has 1 fully saturated rings. The Kier molecular flexibility index (Phi) is 7.93. The Hall–Kier alpha value is -1.38. The van der Waals surface area contributed by atoms with E-state index in [1.165, 1.54) is 0 Å². The fraction of sp³-hybridized carbons (Fsp3) is 0.625. The molecule has 1 aliphatic rings. The molecule has 0 bridgehead atoms. The summed E-state index contributed by atoms with van der Waals surface area (Å²) in [6.45, 7) is 16.1. The number of hydrogen-bond donors (Lipinski definition) is 0. The Balaban J connectivity index is 2.32. The van der Waals surface area contributed by atoms with Gasteiger partial charge in [0.05, 0.1) is 12.5 Å². The Morgan fingerprint density at radius 3 is 2.38 bits per heavy atom.